The summed E-state index contributed by atoms with van der Waals surface area (Å²) in [5.41, 5.74) is 5.39. The van der Waals surface area contributed by atoms with E-state index in [0.29, 0.717) is 56.2 Å². The molecule has 10 bridgehead atoms. The molecule has 5 aliphatic heterocycles. The Hall–Kier alpha value is -2.68. The second-order valence-corrected chi connectivity index (χ2v) is 12.2. The fraction of sp³-hybridized carbons (Fsp3) is 0.0714. The molecule has 9 heteroatoms. The molecular formula is C28H14Cl2F2N2S3. The van der Waals surface area contributed by atoms with E-state index < -0.39 is 0 Å². The van der Waals surface area contributed by atoms with Gasteiger partial charge in [-0.25, -0.2) is 8.78 Å². The molecule has 37 heavy (non-hydrogen) atoms. The lowest BCUT2D eigenvalue weighted by Gasteiger charge is -2.11. The average molecular weight is 584 g/mol. The fourth-order valence-corrected chi connectivity index (χ4v) is 8.16. The minimum absolute atomic E-state index is 0.297. The number of aryl methyl sites for hydroxylation is 2. The number of halogens is 4. The summed E-state index contributed by atoms with van der Waals surface area (Å²) in [5.74, 6) is -0.594. The second kappa shape index (κ2) is 8.96. The lowest BCUT2D eigenvalue weighted by molar-refractivity contribution is 0.626. The third-order valence-electron chi connectivity index (χ3n) is 6.60. The molecule has 11 rings (SSSR count). The number of nitrogens with zero attached hydrogens (tertiary/aromatic N) is 2. The lowest BCUT2D eigenvalue weighted by atomic mass is 10.0. The van der Waals surface area contributed by atoms with Crippen LogP contribution in [0.2, 0.25) is 10.0 Å². The van der Waals surface area contributed by atoms with E-state index in [1.807, 2.05) is 36.4 Å². The number of hydrogen-bond acceptors (Lipinski definition) is 5. The van der Waals surface area contributed by atoms with Crippen molar-refractivity contribution in [2.45, 2.75) is 12.8 Å². The van der Waals surface area contributed by atoms with Crippen molar-refractivity contribution in [1.82, 2.24) is 8.75 Å². The van der Waals surface area contributed by atoms with Crippen molar-refractivity contribution in [3.63, 3.8) is 0 Å². The van der Waals surface area contributed by atoms with Crippen LogP contribution in [0.25, 0.3) is 52.8 Å². The summed E-state index contributed by atoms with van der Waals surface area (Å²) in [6.45, 7) is 0. The largest absolute Gasteiger partial charge is 0.206 e. The van der Waals surface area contributed by atoms with Crippen LogP contribution in [0.1, 0.15) is 11.1 Å². The lowest BCUT2D eigenvalue weighted by Crippen LogP contribution is -1.95. The van der Waals surface area contributed by atoms with Gasteiger partial charge in [-0.2, -0.15) is 8.75 Å². The molecule has 182 valence electrons. The minimum atomic E-state index is -0.297. The summed E-state index contributed by atoms with van der Waals surface area (Å²) < 4.78 is 39.5. The molecule has 0 N–H and O–H groups in total. The highest BCUT2D eigenvalue weighted by molar-refractivity contribution is 7.19. The number of thiophene rings is 2. The van der Waals surface area contributed by atoms with Gasteiger partial charge < -0.3 is 0 Å². The Morgan fingerprint density at radius 3 is 1.46 bits per heavy atom. The monoisotopic (exact) mass is 582 g/mol. The molecule has 2 nitrogen and oxygen atoms in total. The number of benzene rings is 3. The van der Waals surface area contributed by atoms with Crippen molar-refractivity contribution in [3.8, 4) is 41.8 Å². The highest BCUT2D eigenvalue weighted by Gasteiger charge is 2.25. The third-order valence-corrected chi connectivity index (χ3v) is 10.3. The van der Waals surface area contributed by atoms with Crippen molar-refractivity contribution in [1.29, 1.82) is 0 Å². The van der Waals surface area contributed by atoms with Crippen LogP contribution in [0.3, 0.4) is 0 Å². The number of rotatable bonds is 0. The topological polar surface area (TPSA) is 25.8 Å². The van der Waals surface area contributed by atoms with Gasteiger partial charge in [0.05, 0.1) is 21.8 Å². The molecule has 0 radical (unpaired) electrons. The molecule has 0 saturated heterocycles. The Morgan fingerprint density at radius 1 is 0.595 bits per heavy atom. The third kappa shape index (κ3) is 3.83. The van der Waals surface area contributed by atoms with Gasteiger partial charge in [0.1, 0.15) is 22.7 Å². The molecule has 3 aromatic heterocycles. The molecule has 6 aromatic rings. The SMILES string of the molecule is Fc1cc2ccc1-c1ccc(s1)-c1c(Cl)c(Cl)c(c3nsnc13)-c1ccc(s1)-c1ccc(cc1F)CC2. The summed E-state index contributed by atoms with van der Waals surface area (Å²) in [4.78, 5) is 3.22. The Bertz CT molecular complexity index is 1720. The molecule has 0 saturated carbocycles. The van der Waals surface area contributed by atoms with Crippen LogP contribution in [0.15, 0.2) is 60.7 Å². The zero-order valence-electron chi connectivity index (χ0n) is 18.8. The van der Waals surface area contributed by atoms with Crippen LogP contribution in [0.5, 0.6) is 0 Å². The standard InChI is InChI=1S/C28H14Cl2F2N2S3/c29-25-23-21-9-7-19(35-21)15-5-3-13(11-17(15)31)1-2-14-4-6-16(18(32)12-14)20-8-10-22(36-20)24(26(25)30)28-27(23)33-37-34-28/h3-12H,1-2H2. The van der Waals surface area contributed by atoms with Gasteiger partial charge in [0.2, 0.25) is 0 Å². The van der Waals surface area contributed by atoms with Crippen LogP contribution in [-0.4, -0.2) is 8.75 Å². The van der Waals surface area contributed by atoms with E-state index in [-0.39, 0.29) is 11.6 Å². The Kier molecular flexibility index (Phi) is 5.68. The van der Waals surface area contributed by atoms with Crippen molar-refractivity contribution >= 4 is 68.6 Å². The predicted molar refractivity (Wildman–Crippen MR) is 152 cm³/mol. The zero-order chi connectivity index (χ0) is 25.3. The summed E-state index contributed by atoms with van der Waals surface area (Å²) in [7, 11) is 0. The van der Waals surface area contributed by atoms with E-state index in [2.05, 4.69) is 8.75 Å². The van der Waals surface area contributed by atoms with Gasteiger partial charge in [0.15, 0.2) is 0 Å². The van der Waals surface area contributed by atoms with Gasteiger partial charge in [-0.05, 0) is 60.4 Å². The van der Waals surface area contributed by atoms with Crippen LogP contribution in [0, 0.1) is 11.6 Å². The Balaban J connectivity index is 1.51. The maximum Gasteiger partial charge on any atom is 0.132 e. The summed E-state index contributed by atoms with van der Waals surface area (Å²) >= 11 is 17.7. The maximum atomic E-state index is 15.2. The maximum absolute atomic E-state index is 15.2. The van der Waals surface area contributed by atoms with Crippen LogP contribution >= 0.6 is 57.6 Å². The Labute approximate surface area is 233 Å². The first-order valence-corrected chi connectivity index (χ1v) is 14.5. The number of hydrogen-bond donors (Lipinski definition) is 0. The highest BCUT2D eigenvalue weighted by atomic mass is 35.5. The van der Waals surface area contributed by atoms with Crippen LogP contribution < -0.4 is 0 Å². The average Bonchev–Trinajstić information content (AvgIpc) is 3.65. The first kappa shape index (κ1) is 23.4. The molecule has 3 aromatic carbocycles. The summed E-state index contributed by atoms with van der Waals surface area (Å²) in [5, 5.41) is 0.724. The Morgan fingerprint density at radius 2 is 1.03 bits per heavy atom. The van der Waals surface area contributed by atoms with Gasteiger partial charge in [0, 0.05) is 41.8 Å². The van der Waals surface area contributed by atoms with Gasteiger partial charge >= 0.3 is 0 Å². The molecule has 0 spiro atoms. The van der Waals surface area contributed by atoms with Crippen molar-refractivity contribution in [3.05, 3.63) is 93.5 Å². The van der Waals surface area contributed by atoms with E-state index in [0.717, 1.165) is 42.4 Å². The van der Waals surface area contributed by atoms with Crippen LogP contribution in [-0.2, 0) is 12.8 Å². The molecular weight excluding hydrogens is 569 g/mol. The first-order chi connectivity index (χ1) is 18.0. The van der Waals surface area contributed by atoms with Gasteiger partial charge in [-0.1, -0.05) is 47.5 Å². The molecule has 0 amide bonds. The molecule has 0 aliphatic carbocycles. The van der Waals surface area contributed by atoms with Crippen molar-refractivity contribution in [2.24, 2.45) is 0 Å². The van der Waals surface area contributed by atoms with Gasteiger partial charge in [0.25, 0.3) is 0 Å². The van der Waals surface area contributed by atoms with E-state index in [1.165, 1.54) is 22.7 Å². The minimum Gasteiger partial charge on any atom is -0.206 e. The van der Waals surface area contributed by atoms with E-state index in [1.54, 1.807) is 24.3 Å². The molecule has 0 atom stereocenters. The fourth-order valence-electron chi connectivity index (χ4n) is 4.74. The second-order valence-electron chi connectivity index (χ2n) is 8.80. The van der Waals surface area contributed by atoms with Crippen LogP contribution in [0.4, 0.5) is 8.78 Å². The summed E-state index contributed by atoms with van der Waals surface area (Å²) in [6, 6.07) is 18.2. The predicted octanol–water partition coefficient (Wildman–Crippen LogP) is 10.2. The smallest absolute Gasteiger partial charge is 0.132 e. The highest BCUT2D eigenvalue weighted by Crippen LogP contribution is 2.50. The molecule has 0 fully saturated rings. The normalized spacial score (nSPS) is 12.6. The quantitative estimate of drug-likeness (QED) is 0.178. The zero-order valence-corrected chi connectivity index (χ0v) is 22.8. The van der Waals surface area contributed by atoms with Gasteiger partial charge in [-0.3, -0.25) is 0 Å². The summed E-state index contributed by atoms with van der Waals surface area (Å²) in [6.07, 6.45) is 1.23. The van der Waals surface area contributed by atoms with E-state index in [4.69, 9.17) is 23.2 Å². The molecule has 8 heterocycles. The van der Waals surface area contributed by atoms with Crippen molar-refractivity contribution in [2.75, 3.05) is 0 Å². The van der Waals surface area contributed by atoms with Crippen molar-refractivity contribution < 1.29 is 8.78 Å². The van der Waals surface area contributed by atoms with E-state index >= 15 is 8.78 Å². The first-order valence-electron chi connectivity index (χ1n) is 11.4. The number of aromatic nitrogens is 2. The molecule has 5 aliphatic rings. The van der Waals surface area contributed by atoms with Gasteiger partial charge in [-0.15, -0.1) is 22.7 Å². The van der Waals surface area contributed by atoms with E-state index in [9.17, 15) is 0 Å². The molecule has 0 unspecified atom stereocenters.